The minimum atomic E-state index is -0.274. The number of thiazole rings is 1. The first kappa shape index (κ1) is 19.5. The van der Waals surface area contributed by atoms with Gasteiger partial charge in [-0.2, -0.15) is 0 Å². The van der Waals surface area contributed by atoms with E-state index in [1.54, 1.807) is 36.4 Å². The van der Waals surface area contributed by atoms with Crippen molar-refractivity contribution < 1.29 is 14.3 Å². The first-order valence-corrected chi connectivity index (χ1v) is 10.8. The number of carbonyl (C=O) groups is 1. The van der Waals surface area contributed by atoms with Gasteiger partial charge in [-0.3, -0.25) is 9.78 Å². The van der Waals surface area contributed by atoms with Crippen LogP contribution in [0.25, 0.3) is 21.1 Å². The highest BCUT2D eigenvalue weighted by Gasteiger charge is 2.11. The summed E-state index contributed by atoms with van der Waals surface area (Å²) < 4.78 is 11.7. The van der Waals surface area contributed by atoms with Gasteiger partial charge < -0.3 is 14.8 Å². The molecule has 148 valence electrons. The number of carbonyl (C=O) groups excluding carboxylic acids is 1. The van der Waals surface area contributed by atoms with Crippen LogP contribution in [-0.2, 0) is 9.53 Å². The Morgan fingerprint density at radius 2 is 2.07 bits per heavy atom. The fourth-order valence-electron chi connectivity index (χ4n) is 2.96. The molecule has 1 N–H and O–H groups in total. The molecule has 0 saturated heterocycles. The maximum atomic E-state index is 11.0. The zero-order valence-electron chi connectivity index (χ0n) is 16.0. The summed E-state index contributed by atoms with van der Waals surface area (Å²) in [5.74, 6) is 1.12. The molecule has 0 atom stereocenters. The van der Waals surface area contributed by atoms with E-state index in [1.165, 1.54) is 6.92 Å². The summed E-state index contributed by atoms with van der Waals surface area (Å²) in [7, 11) is 1.64. The van der Waals surface area contributed by atoms with Crippen LogP contribution in [0.15, 0.2) is 53.0 Å². The lowest BCUT2D eigenvalue weighted by atomic mass is 10.1. The molecular weight excluding hydrogens is 406 g/mol. The molecular formula is C21H19N3O3S2. The molecule has 2 aromatic heterocycles. The molecule has 2 heterocycles. The first-order valence-electron chi connectivity index (χ1n) is 8.97. The smallest absolute Gasteiger partial charge is 0.302 e. The van der Waals surface area contributed by atoms with Crippen LogP contribution in [0.1, 0.15) is 6.92 Å². The molecule has 6 nitrogen and oxygen atoms in total. The summed E-state index contributed by atoms with van der Waals surface area (Å²) in [6.45, 7) is 1.76. The second-order valence-corrected chi connectivity index (χ2v) is 8.25. The minimum absolute atomic E-state index is 0.274. The molecule has 0 radical (unpaired) electrons. The summed E-state index contributed by atoms with van der Waals surface area (Å²) >= 11 is 3.21. The summed E-state index contributed by atoms with van der Waals surface area (Å²) in [6.07, 6.45) is 1.78. The lowest BCUT2D eigenvalue weighted by molar-refractivity contribution is -0.140. The molecule has 0 aliphatic carbocycles. The zero-order chi connectivity index (χ0) is 20.2. The molecule has 2 aromatic carbocycles. The molecule has 0 spiro atoms. The Labute approximate surface area is 176 Å². The standard InChI is InChI=1S/C21H19N3O3S2/c1-13(25)27-7-8-28-21-10-15-16(5-6-22-17(15)11-19(21)26-2)24-14-3-4-20-18(9-14)23-12-29-20/h3-6,9-12H,7-8H2,1-2H3,(H,22,24). The van der Waals surface area contributed by atoms with Crippen molar-refractivity contribution in [3.05, 3.63) is 48.1 Å². The monoisotopic (exact) mass is 425 g/mol. The van der Waals surface area contributed by atoms with Gasteiger partial charge in [0.05, 0.1) is 33.2 Å². The van der Waals surface area contributed by atoms with Gasteiger partial charge in [0.25, 0.3) is 0 Å². The molecule has 29 heavy (non-hydrogen) atoms. The Bertz CT molecular complexity index is 1180. The van der Waals surface area contributed by atoms with Gasteiger partial charge in [0.2, 0.25) is 0 Å². The molecule has 0 saturated carbocycles. The third-order valence-corrected chi connectivity index (χ3v) is 6.09. The summed E-state index contributed by atoms with van der Waals surface area (Å²) in [4.78, 5) is 20.8. The average molecular weight is 426 g/mol. The topological polar surface area (TPSA) is 73.3 Å². The van der Waals surface area contributed by atoms with Crippen molar-refractivity contribution >= 4 is 61.6 Å². The van der Waals surface area contributed by atoms with E-state index >= 15 is 0 Å². The minimum Gasteiger partial charge on any atom is -0.496 e. The summed E-state index contributed by atoms with van der Waals surface area (Å²) in [5, 5.41) is 4.47. The van der Waals surface area contributed by atoms with E-state index in [9.17, 15) is 4.79 Å². The lowest BCUT2D eigenvalue weighted by Crippen LogP contribution is -2.02. The van der Waals surface area contributed by atoms with E-state index in [1.807, 2.05) is 29.8 Å². The van der Waals surface area contributed by atoms with Crippen LogP contribution in [0.4, 0.5) is 11.4 Å². The Kier molecular flexibility index (Phi) is 5.82. The van der Waals surface area contributed by atoms with E-state index < -0.39 is 0 Å². The lowest BCUT2D eigenvalue weighted by Gasteiger charge is -2.13. The predicted octanol–water partition coefficient (Wildman–Crippen LogP) is 5.25. The quantitative estimate of drug-likeness (QED) is 0.246. The van der Waals surface area contributed by atoms with Gasteiger partial charge in [0.15, 0.2) is 0 Å². The van der Waals surface area contributed by atoms with E-state index in [2.05, 4.69) is 27.4 Å². The number of nitrogens with zero attached hydrogens (tertiary/aromatic N) is 2. The summed E-state index contributed by atoms with van der Waals surface area (Å²) in [6, 6.07) is 12.1. The van der Waals surface area contributed by atoms with Gasteiger partial charge in [-0.25, -0.2) is 4.98 Å². The van der Waals surface area contributed by atoms with Crippen molar-refractivity contribution in [1.82, 2.24) is 9.97 Å². The molecule has 0 aliphatic rings. The number of fused-ring (bicyclic) bond motifs is 2. The van der Waals surface area contributed by atoms with Crippen LogP contribution < -0.4 is 10.1 Å². The molecule has 0 bridgehead atoms. The molecule has 4 aromatic rings. The molecule has 4 rings (SSSR count). The number of benzene rings is 2. The van der Waals surface area contributed by atoms with E-state index in [0.29, 0.717) is 12.4 Å². The van der Waals surface area contributed by atoms with Gasteiger partial charge in [-0.1, -0.05) is 0 Å². The summed E-state index contributed by atoms with van der Waals surface area (Å²) in [5.41, 5.74) is 5.58. The van der Waals surface area contributed by atoms with Crippen LogP contribution in [-0.4, -0.2) is 35.4 Å². The number of esters is 1. The molecule has 0 aliphatic heterocycles. The Morgan fingerprint density at radius 1 is 1.17 bits per heavy atom. The van der Waals surface area contributed by atoms with Crippen LogP contribution in [0.3, 0.4) is 0 Å². The Morgan fingerprint density at radius 3 is 2.90 bits per heavy atom. The van der Waals surface area contributed by atoms with Crippen LogP contribution in [0.5, 0.6) is 5.75 Å². The molecule has 8 heteroatoms. The SMILES string of the molecule is COc1cc2nccc(Nc3ccc4scnc4c3)c2cc1SCCOC(C)=O. The maximum absolute atomic E-state index is 11.0. The van der Waals surface area contributed by atoms with Gasteiger partial charge in [-0.15, -0.1) is 23.1 Å². The highest BCUT2D eigenvalue weighted by atomic mass is 32.2. The fourth-order valence-corrected chi connectivity index (χ4v) is 4.49. The number of hydrogen-bond acceptors (Lipinski definition) is 8. The number of ether oxygens (including phenoxy) is 2. The normalized spacial score (nSPS) is 11.0. The number of thioether (sulfide) groups is 1. The molecule has 0 fully saturated rings. The van der Waals surface area contributed by atoms with E-state index in [0.717, 1.165) is 43.1 Å². The van der Waals surface area contributed by atoms with Crippen molar-refractivity contribution in [1.29, 1.82) is 0 Å². The van der Waals surface area contributed by atoms with Crippen molar-refractivity contribution in [3.8, 4) is 5.75 Å². The number of aromatic nitrogens is 2. The van der Waals surface area contributed by atoms with Crippen molar-refractivity contribution in [2.45, 2.75) is 11.8 Å². The zero-order valence-corrected chi connectivity index (χ0v) is 17.6. The number of anilines is 2. The molecule has 0 unspecified atom stereocenters. The first-order chi connectivity index (χ1) is 14.1. The van der Waals surface area contributed by atoms with Crippen LogP contribution in [0, 0.1) is 0 Å². The van der Waals surface area contributed by atoms with Crippen LogP contribution in [0.2, 0.25) is 0 Å². The van der Waals surface area contributed by atoms with Gasteiger partial charge >= 0.3 is 5.97 Å². The van der Waals surface area contributed by atoms with Crippen molar-refractivity contribution in [3.63, 3.8) is 0 Å². The van der Waals surface area contributed by atoms with Gasteiger partial charge in [0, 0.05) is 41.7 Å². The van der Waals surface area contributed by atoms with E-state index in [-0.39, 0.29) is 5.97 Å². The number of hydrogen-bond donors (Lipinski definition) is 1. The fraction of sp³-hybridized carbons (Fsp3) is 0.190. The largest absolute Gasteiger partial charge is 0.496 e. The van der Waals surface area contributed by atoms with Crippen molar-refractivity contribution in [2.75, 3.05) is 24.8 Å². The number of rotatable bonds is 7. The highest BCUT2D eigenvalue weighted by molar-refractivity contribution is 7.99. The van der Waals surface area contributed by atoms with Crippen molar-refractivity contribution in [2.24, 2.45) is 0 Å². The second kappa shape index (κ2) is 8.67. The number of pyridine rings is 1. The second-order valence-electron chi connectivity index (χ2n) is 6.23. The molecule has 0 amide bonds. The maximum Gasteiger partial charge on any atom is 0.302 e. The van der Waals surface area contributed by atoms with Gasteiger partial charge in [0.1, 0.15) is 12.4 Å². The third kappa shape index (κ3) is 4.44. The average Bonchev–Trinajstić information content (AvgIpc) is 3.18. The van der Waals surface area contributed by atoms with E-state index in [4.69, 9.17) is 9.47 Å². The predicted molar refractivity (Wildman–Crippen MR) is 119 cm³/mol. The third-order valence-electron chi connectivity index (χ3n) is 4.28. The number of nitrogens with one attached hydrogen (secondary N) is 1. The van der Waals surface area contributed by atoms with Gasteiger partial charge in [-0.05, 0) is 30.3 Å². The van der Waals surface area contributed by atoms with Crippen LogP contribution >= 0.6 is 23.1 Å². The Balaban J connectivity index is 1.64. The Hall–Kier alpha value is -2.84. The number of methoxy groups -OCH3 is 1. The highest BCUT2D eigenvalue weighted by Crippen LogP contribution is 2.36.